The summed E-state index contributed by atoms with van der Waals surface area (Å²) >= 11 is 0. The number of methoxy groups -OCH3 is 1. The molecule has 7 heteroatoms. The summed E-state index contributed by atoms with van der Waals surface area (Å²) in [6.07, 6.45) is 5.88. The van der Waals surface area contributed by atoms with Crippen LogP contribution in [0, 0.1) is 5.41 Å². The van der Waals surface area contributed by atoms with Crippen LogP contribution in [0.25, 0.3) is 6.08 Å². The van der Waals surface area contributed by atoms with Crippen LogP contribution in [0.1, 0.15) is 54.0 Å². The maximum Gasteiger partial charge on any atom is 0.257 e. The van der Waals surface area contributed by atoms with E-state index < -0.39 is 5.54 Å². The Kier molecular flexibility index (Phi) is 8.36. The molecule has 0 atom stereocenters. The average Bonchev–Trinajstić information content (AvgIpc) is 2.96. The fourth-order valence-corrected chi connectivity index (χ4v) is 3.91. The van der Waals surface area contributed by atoms with Gasteiger partial charge in [-0.05, 0) is 57.7 Å². The standard InChI is InChI=1S/C26H39N3O4/c1-9-10-18-11-12-20(21(13-18)32-8)33-15-22(30)27-16-24(2,3)17-28-23(31)19-14-25(4,5)29-26(19,6)7/h9-14,29H,15-17H2,1-8H3,(H,27,30)(H,28,31)/b10-9+. The zero-order chi connectivity index (χ0) is 24.9. The summed E-state index contributed by atoms with van der Waals surface area (Å²) in [5.41, 5.74) is 0.773. The molecule has 7 nitrogen and oxygen atoms in total. The quantitative estimate of drug-likeness (QED) is 0.501. The summed E-state index contributed by atoms with van der Waals surface area (Å²) in [5, 5.41) is 9.36. The van der Waals surface area contributed by atoms with Crippen molar-refractivity contribution in [1.82, 2.24) is 16.0 Å². The number of benzene rings is 1. The van der Waals surface area contributed by atoms with Crippen LogP contribution >= 0.6 is 0 Å². The largest absolute Gasteiger partial charge is 0.493 e. The predicted octanol–water partition coefficient (Wildman–Crippen LogP) is 3.45. The van der Waals surface area contributed by atoms with Crippen molar-refractivity contribution in [2.75, 3.05) is 26.8 Å². The van der Waals surface area contributed by atoms with E-state index in [1.807, 2.05) is 78.8 Å². The van der Waals surface area contributed by atoms with Crippen LogP contribution in [0.4, 0.5) is 0 Å². The Morgan fingerprint density at radius 2 is 1.76 bits per heavy atom. The first-order chi connectivity index (χ1) is 15.3. The van der Waals surface area contributed by atoms with Gasteiger partial charge in [0.25, 0.3) is 5.91 Å². The minimum absolute atomic E-state index is 0.0886. The smallest absolute Gasteiger partial charge is 0.257 e. The van der Waals surface area contributed by atoms with Gasteiger partial charge in [0, 0.05) is 29.7 Å². The van der Waals surface area contributed by atoms with Crippen LogP contribution in [-0.4, -0.2) is 49.7 Å². The van der Waals surface area contributed by atoms with E-state index in [-0.39, 0.29) is 29.4 Å². The summed E-state index contributed by atoms with van der Waals surface area (Å²) in [5.74, 6) is 0.758. The van der Waals surface area contributed by atoms with Gasteiger partial charge in [-0.3, -0.25) is 14.9 Å². The van der Waals surface area contributed by atoms with Crippen molar-refractivity contribution in [2.45, 2.75) is 59.5 Å². The number of carbonyl (C=O) groups excluding carboxylic acids is 2. The Balaban J connectivity index is 1.84. The van der Waals surface area contributed by atoms with Crippen molar-refractivity contribution in [2.24, 2.45) is 5.41 Å². The first-order valence-electron chi connectivity index (χ1n) is 11.3. The van der Waals surface area contributed by atoms with Gasteiger partial charge in [0.2, 0.25) is 5.91 Å². The second-order valence-corrected chi connectivity index (χ2v) is 10.4. The van der Waals surface area contributed by atoms with Crippen molar-refractivity contribution in [3.63, 3.8) is 0 Å². The van der Waals surface area contributed by atoms with Gasteiger partial charge in [-0.1, -0.05) is 38.1 Å². The Labute approximate surface area is 198 Å². The van der Waals surface area contributed by atoms with Crippen molar-refractivity contribution >= 4 is 17.9 Å². The number of hydrogen-bond acceptors (Lipinski definition) is 5. The lowest BCUT2D eigenvalue weighted by atomic mass is 9.92. The molecule has 33 heavy (non-hydrogen) atoms. The van der Waals surface area contributed by atoms with Gasteiger partial charge in [-0.25, -0.2) is 0 Å². The van der Waals surface area contributed by atoms with Crippen LogP contribution in [-0.2, 0) is 9.59 Å². The molecule has 0 aromatic heterocycles. The van der Waals surface area contributed by atoms with Gasteiger partial charge in [0.05, 0.1) is 7.11 Å². The molecule has 0 bridgehead atoms. The molecular formula is C26H39N3O4. The molecule has 0 saturated heterocycles. The minimum Gasteiger partial charge on any atom is -0.493 e. The molecule has 1 aliphatic heterocycles. The van der Waals surface area contributed by atoms with Crippen molar-refractivity contribution < 1.29 is 19.1 Å². The molecule has 0 aliphatic carbocycles. The lowest BCUT2D eigenvalue weighted by Gasteiger charge is -2.29. The zero-order valence-corrected chi connectivity index (χ0v) is 21.2. The third-order valence-electron chi connectivity index (χ3n) is 5.45. The van der Waals surface area contributed by atoms with Crippen molar-refractivity contribution in [1.29, 1.82) is 0 Å². The first-order valence-corrected chi connectivity index (χ1v) is 11.3. The molecule has 1 aliphatic rings. The van der Waals surface area contributed by atoms with E-state index in [2.05, 4.69) is 16.0 Å². The number of nitrogens with one attached hydrogen (secondary N) is 3. The maximum atomic E-state index is 12.8. The molecule has 0 saturated carbocycles. The molecule has 0 unspecified atom stereocenters. The molecule has 1 aromatic rings. The topological polar surface area (TPSA) is 88.7 Å². The highest BCUT2D eigenvalue weighted by atomic mass is 16.5. The van der Waals surface area contributed by atoms with E-state index >= 15 is 0 Å². The van der Waals surface area contributed by atoms with Crippen LogP contribution in [0.5, 0.6) is 11.5 Å². The maximum absolute atomic E-state index is 12.8. The highest BCUT2D eigenvalue weighted by molar-refractivity contribution is 5.96. The number of amides is 2. The Morgan fingerprint density at radius 1 is 1.09 bits per heavy atom. The van der Waals surface area contributed by atoms with E-state index in [1.54, 1.807) is 13.2 Å². The fourth-order valence-electron chi connectivity index (χ4n) is 3.91. The van der Waals surface area contributed by atoms with E-state index in [0.29, 0.717) is 24.6 Å². The number of allylic oxidation sites excluding steroid dienone is 1. The Bertz CT molecular complexity index is 929. The summed E-state index contributed by atoms with van der Waals surface area (Å²) in [4.78, 5) is 25.1. The molecule has 0 fully saturated rings. The van der Waals surface area contributed by atoms with E-state index in [1.165, 1.54) is 0 Å². The molecule has 3 N–H and O–H groups in total. The molecule has 2 amide bonds. The Morgan fingerprint density at radius 3 is 2.33 bits per heavy atom. The molecule has 0 radical (unpaired) electrons. The zero-order valence-electron chi connectivity index (χ0n) is 21.2. The first kappa shape index (κ1) is 26.5. The highest BCUT2D eigenvalue weighted by Gasteiger charge is 2.40. The summed E-state index contributed by atoms with van der Waals surface area (Å²) in [6, 6.07) is 5.55. The molecule has 182 valence electrons. The lowest BCUT2D eigenvalue weighted by molar-refractivity contribution is -0.123. The number of carbonyl (C=O) groups is 2. The summed E-state index contributed by atoms with van der Waals surface area (Å²) < 4.78 is 11.0. The predicted molar refractivity (Wildman–Crippen MR) is 132 cm³/mol. The van der Waals surface area contributed by atoms with Gasteiger partial charge in [0.1, 0.15) is 0 Å². The van der Waals surface area contributed by atoms with Crippen LogP contribution < -0.4 is 25.4 Å². The third kappa shape index (κ3) is 7.63. The molecule has 2 rings (SSSR count). The monoisotopic (exact) mass is 457 g/mol. The average molecular weight is 458 g/mol. The van der Waals surface area contributed by atoms with E-state index in [9.17, 15) is 9.59 Å². The minimum atomic E-state index is -0.393. The second-order valence-electron chi connectivity index (χ2n) is 10.4. The number of hydrogen-bond donors (Lipinski definition) is 3. The highest BCUT2D eigenvalue weighted by Crippen LogP contribution is 2.30. The Hall–Kier alpha value is -2.80. The van der Waals surface area contributed by atoms with Gasteiger partial charge in [0.15, 0.2) is 18.1 Å². The SMILES string of the molecule is C/C=C/c1ccc(OCC(=O)NCC(C)(C)CNC(=O)C2=CC(C)(C)NC2(C)C)c(OC)c1. The second kappa shape index (κ2) is 10.4. The van der Waals surface area contributed by atoms with Crippen LogP contribution in [0.2, 0.25) is 0 Å². The van der Waals surface area contributed by atoms with Gasteiger partial charge < -0.3 is 20.1 Å². The van der Waals surface area contributed by atoms with Crippen LogP contribution in [0.15, 0.2) is 35.9 Å². The van der Waals surface area contributed by atoms with Crippen LogP contribution in [0.3, 0.4) is 0 Å². The van der Waals surface area contributed by atoms with Crippen molar-refractivity contribution in [3.05, 3.63) is 41.5 Å². The molecule has 1 aromatic carbocycles. The fraction of sp³-hybridized carbons (Fsp3) is 0.538. The van der Waals surface area contributed by atoms with E-state index in [0.717, 1.165) is 11.1 Å². The summed E-state index contributed by atoms with van der Waals surface area (Å²) in [7, 11) is 1.57. The molecular weight excluding hydrogens is 418 g/mol. The summed E-state index contributed by atoms with van der Waals surface area (Å²) in [6.45, 7) is 14.7. The number of rotatable bonds is 10. The van der Waals surface area contributed by atoms with Gasteiger partial charge in [-0.15, -0.1) is 0 Å². The van der Waals surface area contributed by atoms with Gasteiger partial charge >= 0.3 is 0 Å². The molecule has 0 spiro atoms. The van der Waals surface area contributed by atoms with Gasteiger partial charge in [-0.2, -0.15) is 0 Å². The normalized spacial score (nSPS) is 16.9. The van der Waals surface area contributed by atoms with E-state index in [4.69, 9.17) is 9.47 Å². The molecule has 1 heterocycles. The van der Waals surface area contributed by atoms with Crippen molar-refractivity contribution in [3.8, 4) is 11.5 Å². The lowest BCUT2D eigenvalue weighted by Crippen LogP contribution is -2.49. The number of ether oxygens (including phenoxy) is 2. The third-order valence-corrected chi connectivity index (χ3v) is 5.45.